The highest BCUT2D eigenvalue weighted by Crippen LogP contribution is 2.39. The Labute approximate surface area is 255 Å². The van der Waals surface area contributed by atoms with Gasteiger partial charge in [0.25, 0.3) is 5.56 Å². The van der Waals surface area contributed by atoms with Crippen LogP contribution in [0, 0.1) is 5.92 Å². The molecule has 1 N–H and O–H groups in total. The third kappa shape index (κ3) is 7.27. The van der Waals surface area contributed by atoms with E-state index in [9.17, 15) is 36.0 Å². The van der Waals surface area contributed by atoms with E-state index in [4.69, 9.17) is 27.9 Å². The van der Waals surface area contributed by atoms with Gasteiger partial charge in [-0.15, -0.1) is 0 Å². The quantitative estimate of drug-likeness (QED) is 0.336. The lowest BCUT2D eigenvalue weighted by atomic mass is 9.94. The zero-order chi connectivity index (χ0) is 32.1. The van der Waals surface area contributed by atoms with Crippen molar-refractivity contribution in [3.05, 3.63) is 71.8 Å². The molecule has 1 fully saturated rings. The van der Waals surface area contributed by atoms with Gasteiger partial charge < -0.3 is 9.72 Å². The van der Waals surface area contributed by atoms with Crippen molar-refractivity contribution < 1.29 is 31.1 Å². The second-order valence-corrected chi connectivity index (χ2v) is 14.5. The highest BCUT2D eigenvalue weighted by Gasteiger charge is 2.38. The smallest absolute Gasteiger partial charge is 0.416 e. The number of aromatic amines is 1. The number of carbonyl (C=O) groups is 1. The number of H-pyrrole nitrogens is 1. The van der Waals surface area contributed by atoms with Crippen LogP contribution in [0.15, 0.2) is 38.8 Å². The Balaban J connectivity index is 1.71. The van der Waals surface area contributed by atoms with Crippen molar-refractivity contribution in [2.24, 2.45) is 5.92 Å². The Kier molecular flexibility index (Phi) is 9.14. The van der Waals surface area contributed by atoms with Crippen LogP contribution >= 0.6 is 23.2 Å². The molecule has 0 atom stereocenters. The molecule has 1 aliphatic heterocycles. The Hall–Kier alpha value is -2.87. The van der Waals surface area contributed by atoms with Gasteiger partial charge in [0.05, 0.1) is 45.1 Å². The van der Waals surface area contributed by atoms with Crippen LogP contribution in [0.25, 0.3) is 10.9 Å². The minimum absolute atomic E-state index is 0.0266. The number of hydrogen-bond acceptors (Lipinski definition) is 7. The zero-order valence-electron chi connectivity index (χ0n) is 23.8. The van der Waals surface area contributed by atoms with Crippen LogP contribution in [0.4, 0.5) is 13.2 Å². The molecule has 0 spiro atoms. The lowest BCUT2D eigenvalue weighted by molar-refractivity contribution is -0.157. The van der Waals surface area contributed by atoms with Crippen LogP contribution in [0.1, 0.15) is 50.8 Å². The van der Waals surface area contributed by atoms with Gasteiger partial charge in [-0.25, -0.2) is 13.2 Å². The summed E-state index contributed by atoms with van der Waals surface area (Å²) in [6, 6.07) is 4.51. The molecule has 43 heavy (non-hydrogen) atoms. The minimum atomic E-state index is -4.89. The molecule has 0 radical (unpaired) electrons. The summed E-state index contributed by atoms with van der Waals surface area (Å²) in [5.74, 6) is -0.775. The molecule has 9 nitrogen and oxygen atoms in total. The number of ether oxygens (including phenoxy) is 1. The van der Waals surface area contributed by atoms with Crippen LogP contribution in [0.5, 0.6) is 0 Å². The van der Waals surface area contributed by atoms with Crippen LogP contribution in [-0.4, -0.2) is 53.3 Å². The van der Waals surface area contributed by atoms with Crippen molar-refractivity contribution in [3.8, 4) is 0 Å². The molecule has 234 valence electrons. The average Bonchev–Trinajstić information content (AvgIpc) is 2.85. The Morgan fingerprint density at radius 2 is 1.74 bits per heavy atom. The molecule has 0 saturated carbocycles. The summed E-state index contributed by atoms with van der Waals surface area (Å²) >= 11 is 12.5. The predicted molar refractivity (Wildman–Crippen MR) is 156 cm³/mol. The summed E-state index contributed by atoms with van der Waals surface area (Å²) < 4.78 is 73.9. The number of fused-ring (bicyclic) bond motifs is 1. The van der Waals surface area contributed by atoms with Crippen molar-refractivity contribution in [2.75, 3.05) is 18.8 Å². The van der Waals surface area contributed by atoms with Crippen LogP contribution < -0.4 is 11.2 Å². The Bertz CT molecular complexity index is 1810. The number of alkyl halides is 3. The van der Waals surface area contributed by atoms with E-state index < -0.39 is 61.3 Å². The maximum Gasteiger partial charge on any atom is 0.416 e. The summed E-state index contributed by atoms with van der Waals surface area (Å²) in [6.45, 7) is 6.49. The van der Waals surface area contributed by atoms with Crippen molar-refractivity contribution >= 4 is 49.9 Å². The molecular weight excluding hydrogens is 634 g/mol. The number of benzene rings is 2. The van der Waals surface area contributed by atoms with E-state index in [1.807, 2.05) is 0 Å². The first-order chi connectivity index (χ1) is 19.8. The van der Waals surface area contributed by atoms with Gasteiger partial charge in [-0.3, -0.25) is 19.1 Å². The highest BCUT2D eigenvalue weighted by atomic mass is 35.5. The van der Waals surface area contributed by atoms with Gasteiger partial charge in [-0.1, -0.05) is 30.1 Å². The summed E-state index contributed by atoms with van der Waals surface area (Å²) in [4.78, 5) is 42.5. The van der Waals surface area contributed by atoms with Crippen molar-refractivity contribution in [1.29, 1.82) is 0 Å². The molecule has 0 aliphatic carbocycles. The predicted octanol–water partition coefficient (Wildman–Crippen LogP) is 5.02. The SMILES string of the molecule is CCS(=O)(=O)c1ccc(Cl)cc1Cn1c(=O)[nH]c2c(Cl)c(CN3CC(CC(=O)OC(C)(C)C)C3)c(C(F)(F)F)cc2c1=O. The molecule has 2 heterocycles. The molecule has 4 rings (SSSR count). The van der Waals surface area contributed by atoms with Gasteiger partial charge in [-0.2, -0.15) is 13.2 Å². The lowest BCUT2D eigenvalue weighted by Crippen LogP contribution is -2.47. The first kappa shape index (κ1) is 33.0. The summed E-state index contributed by atoms with van der Waals surface area (Å²) in [5, 5.41) is -0.783. The fourth-order valence-electron chi connectivity index (χ4n) is 5.02. The number of carbonyl (C=O) groups excluding carboxylic acids is 1. The number of nitrogens with zero attached hydrogens (tertiary/aromatic N) is 2. The van der Waals surface area contributed by atoms with Gasteiger partial charge in [-0.05, 0) is 62.1 Å². The van der Waals surface area contributed by atoms with E-state index in [-0.39, 0.29) is 51.2 Å². The highest BCUT2D eigenvalue weighted by molar-refractivity contribution is 7.91. The van der Waals surface area contributed by atoms with Crippen LogP contribution in [0.2, 0.25) is 10.0 Å². The third-order valence-corrected chi connectivity index (χ3v) is 9.46. The van der Waals surface area contributed by atoms with Gasteiger partial charge in [0, 0.05) is 24.7 Å². The second kappa shape index (κ2) is 11.9. The van der Waals surface area contributed by atoms with E-state index in [2.05, 4.69) is 4.98 Å². The van der Waals surface area contributed by atoms with Gasteiger partial charge >= 0.3 is 17.8 Å². The summed E-state index contributed by atoms with van der Waals surface area (Å²) in [6.07, 6.45) is -4.78. The number of hydrogen-bond donors (Lipinski definition) is 1. The van der Waals surface area contributed by atoms with E-state index in [1.54, 1.807) is 25.7 Å². The first-order valence-corrected chi connectivity index (χ1v) is 15.7. The van der Waals surface area contributed by atoms with Gasteiger partial charge in [0.2, 0.25) is 0 Å². The molecule has 2 aromatic carbocycles. The first-order valence-electron chi connectivity index (χ1n) is 13.3. The van der Waals surface area contributed by atoms with Gasteiger partial charge in [0.1, 0.15) is 5.60 Å². The number of likely N-dealkylation sites (tertiary alicyclic amines) is 1. The number of nitrogens with one attached hydrogen (secondary N) is 1. The van der Waals surface area contributed by atoms with E-state index in [1.165, 1.54) is 25.1 Å². The minimum Gasteiger partial charge on any atom is -0.460 e. The Morgan fingerprint density at radius 3 is 2.33 bits per heavy atom. The second-order valence-electron chi connectivity index (χ2n) is 11.5. The molecule has 3 aromatic rings. The number of rotatable bonds is 8. The Morgan fingerprint density at radius 1 is 1.09 bits per heavy atom. The zero-order valence-corrected chi connectivity index (χ0v) is 26.1. The summed E-state index contributed by atoms with van der Waals surface area (Å²) in [7, 11) is -3.79. The molecule has 1 aromatic heterocycles. The van der Waals surface area contributed by atoms with E-state index in [0.29, 0.717) is 23.7 Å². The van der Waals surface area contributed by atoms with Crippen molar-refractivity contribution in [3.63, 3.8) is 0 Å². The molecule has 0 unspecified atom stereocenters. The standard InChI is InChI=1S/C28H30Cl2F3N3O6S/c1-5-43(40,41)21-7-6-17(29)9-16(21)13-36-25(38)18-10-20(28(31,32)33)19(23(30)24(18)34-26(36)39)14-35-11-15(12-35)8-22(37)42-27(2,3)4/h6-7,9-10,15H,5,8,11-14H2,1-4H3,(H,34,39). The monoisotopic (exact) mass is 663 g/mol. The molecule has 1 aliphatic rings. The summed E-state index contributed by atoms with van der Waals surface area (Å²) in [5.41, 5.74) is -4.44. The van der Waals surface area contributed by atoms with E-state index in [0.717, 1.165) is 0 Å². The maximum absolute atomic E-state index is 14.3. The van der Waals surface area contributed by atoms with E-state index >= 15 is 0 Å². The fourth-order valence-corrected chi connectivity index (χ4v) is 6.64. The lowest BCUT2D eigenvalue weighted by Gasteiger charge is -2.39. The van der Waals surface area contributed by atoms with Gasteiger partial charge in [0.15, 0.2) is 9.84 Å². The molecular formula is C28H30Cl2F3N3O6S. The van der Waals surface area contributed by atoms with Crippen LogP contribution in [0.3, 0.4) is 0 Å². The number of esters is 1. The maximum atomic E-state index is 14.3. The van der Waals surface area contributed by atoms with Crippen molar-refractivity contribution in [1.82, 2.24) is 14.5 Å². The molecule has 0 amide bonds. The molecule has 15 heteroatoms. The topological polar surface area (TPSA) is 119 Å². The average molecular weight is 665 g/mol. The normalized spacial score (nSPS) is 15.1. The molecule has 1 saturated heterocycles. The number of halogens is 5. The number of aromatic nitrogens is 2. The largest absolute Gasteiger partial charge is 0.460 e. The molecule has 0 bridgehead atoms. The van der Waals surface area contributed by atoms with Crippen LogP contribution in [-0.2, 0) is 38.6 Å². The third-order valence-electron chi connectivity index (χ3n) is 6.98. The number of sulfone groups is 1. The fraction of sp³-hybridized carbons (Fsp3) is 0.464. The van der Waals surface area contributed by atoms with Crippen molar-refractivity contribution in [2.45, 2.75) is 63.9 Å².